The first-order valence-electron chi connectivity index (χ1n) is 6.13. The van der Waals surface area contributed by atoms with Crippen molar-refractivity contribution in [2.75, 3.05) is 0 Å². The highest BCUT2D eigenvalue weighted by Crippen LogP contribution is 2.32. The van der Waals surface area contributed by atoms with Gasteiger partial charge in [0.05, 0.1) is 15.3 Å². The molecule has 0 radical (unpaired) electrons. The average Bonchev–Trinajstić information content (AvgIpc) is 2.47. The lowest BCUT2D eigenvalue weighted by molar-refractivity contribution is -0.384. The Bertz CT molecular complexity index is 967. The Morgan fingerprint density at radius 1 is 1.14 bits per heavy atom. The van der Waals surface area contributed by atoms with Gasteiger partial charge in [0.25, 0.3) is 5.69 Å². The van der Waals surface area contributed by atoms with Gasteiger partial charge in [-0.2, -0.15) is 0 Å². The van der Waals surface area contributed by atoms with E-state index in [0.29, 0.717) is 16.5 Å². The van der Waals surface area contributed by atoms with Gasteiger partial charge in [-0.1, -0.05) is 27.5 Å². The summed E-state index contributed by atoms with van der Waals surface area (Å²) < 4.78 is 6.46. The third-order valence-electron chi connectivity index (χ3n) is 3.12. The highest BCUT2D eigenvalue weighted by atomic mass is 79.9. The van der Waals surface area contributed by atoms with Crippen molar-refractivity contribution in [2.24, 2.45) is 0 Å². The van der Waals surface area contributed by atoms with Crippen molar-refractivity contribution in [3.63, 3.8) is 0 Å². The lowest BCUT2D eigenvalue weighted by Gasteiger charge is -2.05. The van der Waals surface area contributed by atoms with Crippen LogP contribution in [0.1, 0.15) is 0 Å². The molecule has 0 spiro atoms. The summed E-state index contributed by atoms with van der Waals surface area (Å²) in [4.78, 5) is 22.4. The molecular weight excluding hydrogens is 374 g/mol. The maximum absolute atomic E-state index is 12.2. The fourth-order valence-corrected chi connectivity index (χ4v) is 2.71. The number of fused-ring (bicyclic) bond motifs is 1. The van der Waals surface area contributed by atoms with Crippen molar-refractivity contribution in [2.45, 2.75) is 0 Å². The number of nitro groups is 1. The number of nitrogens with zero attached hydrogens (tertiary/aromatic N) is 1. The van der Waals surface area contributed by atoms with Crippen LogP contribution in [-0.4, -0.2) is 4.92 Å². The first kappa shape index (κ1) is 14.7. The highest BCUT2D eigenvalue weighted by Gasteiger charge is 2.14. The summed E-state index contributed by atoms with van der Waals surface area (Å²) in [6.45, 7) is 0. The molecule has 1 heterocycles. The molecule has 7 heteroatoms. The molecule has 0 saturated heterocycles. The first-order valence-corrected chi connectivity index (χ1v) is 7.30. The fraction of sp³-hybridized carbons (Fsp3) is 0. The summed E-state index contributed by atoms with van der Waals surface area (Å²) in [6, 6.07) is 10.4. The van der Waals surface area contributed by atoms with E-state index in [1.807, 2.05) is 0 Å². The van der Waals surface area contributed by atoms with E-state index in [0.717, 1.165) is 4.47 Å². The van der Waals surface area contributed by atoms with Gasteiger partial charge in [0, 0.05) is 28.2 Å². The molecule has 2 aromatic carbocycles. The maximum Gasteiger partial charge on any atom is 0.270 e. The van der Waals surface area contributed by atoms with Crippen LogP contribution in [0.15, 0.2) is 56.1 Å². The molecule has 0 atom stereocenters. The van der Waals surface area contributed by atoms with E-state index in [2.05, 4.69) is 15.9 Å². The van der Waals surface area contributed by atoms with Gasteiger partial charge in [0.2, 0.25) is 0 Å². The summed E-state index contributed by atoms with van der Waals surface area (Å²) in [5.74, 6) is 0.264. The van der Waals surface area contributed by atoms with E-state index in [1.165, 1.54) is 24.3 Å². The zero-order chi connectivity index (χ0) is 15.9. The Kier molecular flexibility index (Phi) is 3.72. The zero-order valence-corrected chi connectivity index (χ0v) is 13.2. The molecule has 0 aliphatic heterocycles. The van der Waals surface area contributed by atoms with Gasteiger partial charge in [0.15, 0.2) is 5.43 Å². The number of halogens is 2. The molecule has 0 amide bonds. The van der Waals surface area contributed by atoms with Crippen LogP contribution in [0.25, 0.3) is 22.3 Å². The quantitative estimate of drug-likeness (QED) is 0.473. The molecule has 0 fully saturated rings. The summed E-state index contributed by atoms with van der Waals surface area (Å²) in [6.07, 6.45) is 0. The number of hydrogen-bond acceptors (Lipinski definition) is 4. The SMILES string of the molecule is O=c1cc(-c2ccc([N+](=O)[O-])cc2Cl)oc2ccc(Br)cc12. The highest BCUT2D eigenvalue weighted by molar-refractivity contribution is 9.10. The minimum absolute atomic E-state index is 0.124. The minimum Gasteiger partial charge on any atom is -0.456 e. The average molecular weight is 381 g/mol. The van der Waals surface area contributed by atoms with E-state index in [9.17, 15) is 14.9 Å². The summed E-state index contributed by atoms with van der Waals surface area (Å²) >= 11 is 9.36. The molecule has 3 aromatic rings. The van der Waals surface area contributed by atoms with Gasteiger partial charge in [0.1, 0.15) is 11.3 Å². The first-order chi connectivity index (χ1) is 10.5. The van der Waals surface area contributed by atoms with Crippen LogP contribution >= 0.6 is 27.5 Å². The molecule has 22 heavy (non-hydrogen) atoms. The Labute approximate surface area is 137 Å². The van der Waals surface area contributed by atoms with Gasteiger partial charge in [-0.15, -0.1) is 0 Å². The van der Waals surface area contributed by atoms with Crippen molar-refractivity contribution < 1.29 is 9.34 Å². The van der Waals surface area contributed by atoms with E-state index < -0.39 is 4.92 Å². The van der Waals surface area contributed by atoms with Gasteiger partial charge >= 0.3 is 0 Å². The third kappa shape index (κ3) is 2.63. The predicted molar refractivity (Wildman–Crippen MR) is 87.3 cm³/mol. The molecule has 0 aliphatic carbocycles. The monoisotopic (exact) mass is 379 g/mol. The van der Waals surface area contributed by atoms with Crippen LogP contribution in [0.3, 0.4) is 0 Å². The molecule has 0 aliphatic rings. The van der Waals surface area contributed by atoms with E-state index in [-0.39, 0.29) is 21.9 Å². The molecular formula is C15H7BrClNO4. The van der Waals surface area contributed by atoms with Crippen LogP contribution in [0.4, 0.5) is 5.69 Å². The molecule has 0 N–H and O–H groups in total. The van der Waals surface area contributed by atoms with Gasteiger partial charge in [-0.3, -0.25) is 14.9 Å². The topological polar surface area (TPSA) is 73.3 Å². The Balaban J connectivity index is 2.21. The molecule has 0 bridgehead atoms. The van der Waals surface area contributed by atoms with Gasteiger partial charge in [-0.25, -0.2) is 0 Å². The number of hydrogen-bond donors (Lipinski definition) is 0. The molecule has 5 nitrogen and oxygen atoms in total. The van der Waals surface area contributed by atoms with E-state index in [4.69, 9.17) is 16.0 Å². The van der Waals surface area contributed by atoms with Crippen LogP contribution < -0.4 is 5.43 Å². The van der Waals surface area contributed by atoms with Crippen LogP contribution in [0.5, 0.6) is 0 Å². The molecule has 1 aromatic heterocycles. The third-order valence-corrected chi connectivity index (χ3v) is 3.92. The second-order valence-corrected chi connectivity index (χ2v) is 5.86. The molecule has 110 valence electrons. The van der Waals surface area contributed by atoms with Crippen LogP contribution in [0, 0.1) is 10.1 Å². The number of nitro benzene ring substituents is 1. The second-order valence-electron chi connectivity index (χ2n) is 4.54. The Morgan fingerprint density at radius 3 is 2.59 bits per heavy atom. The van der Waals surface area contributed by atoms with Crippen molar-refractivity contribution in [3.05, 3.63) is 72.3 Å². The number of rotatable bonds is 2. The lowest BCUT2D eigenvalue weighted by Crippen LogP contribution is -2.00. The van der Waals surface area contributed by atoms with Crippen molar-refractivity contribution in [3.8, 4) is 11.3 Å². The second kappa shape index (κ2) is 5.55. The smallest absolute Gasteiger partial charge is 0.270 e. The van der Waals surface area contributed by atoms with Crippen molar-refractivity contribution >= 4 is 44.2 Å². The van der Waals surface area contributed by atoms with Gasteiger partial charge in [-0.05, 0) is 24.3 Å². The van der Waals surface area contributed by atoms with Crippen molar-refractivity contribution in [1.29, 1.82) is 0 Å². The Morgan fingerprint density at radius 2 is 1.91 bits per heavy atom. The standard InChI is InChI=1S/C15H7BrClNO4/c16-8-1-4-14-11(5-8)13(19)7-15(22-14)10-3-2-9(18(20)21)6-12(10)17/h1-7H. The number of benzene rings is 2. The lowest BCUT2D eigenvalue weighted by atomic mass is 10.1. The summed E-state index contributed by atoms with van der Waals surface area (Å²) in [5, 5.41) is 11.3. The van der Waals surface area contributed by atoms with Crippen molar-refractivity contribution in [1.82, 2.24) is 0 Å². The predicted octanol–water partition coefficient (Wildman–Crippen LogP) is 4.78. The molecule has 0 saturated carbocycles. The van der Waals surface area contributed by atoms with E-state index >= 15 is 0 Å². The van der Waals surface area contributed by atoms with Crippen LogP contribution in [-0.2, 0) is 0 Å². The van der Waals surface area contributed by atoms with Crippen LogP contribution in [0.2, 0.25) is 5.02 Å². The zero-order valence-electron chi connectivity index (χ0n) is 10.9. The fourth-order valence-electron chi connectivity index (χ4n) is 2.08. The Hall–Kier alpha value is -2.18. The van der Waals surface area contributed by atoms with Gasteiger partial charge < -0.3 is 4.42 Å². The minimum atomic E-state index is -0.538. The molecule has 0 unspecified atom stereocenters. The maximum atomic E-state index is 12.2. The summed E-state index contributed by atoms with van der Waals surface area (Å²) in [7, 11) is 0. The largest absolute Gasteiger partial charge is 0.456 e. The number of non-ortho nitro benzene ring substituents is 1. The molecule has 3 rings (SSSR count). The van der Waals surface area contributed by atoms with E-state index in [1.54, 1.807) is 18.2 Å². The summed E-state index contributed by atoms with van der Waals surface area (Å²) in [5.41, 5.74) is 0.502. The normalized spacial score (nSPS) is 10.8.